The van der Waals surface area contributed by atoms with E-state index in [9.17, 15) is 0 Å². The first-order valence-electron chi connectivity index (χ1n) is 2.40. The number of H-pyrrole nitrogens is 1. The largest absolute Gasteiger partial charge is 0.283 e. The van der Waals surface area contributed by atoms with E-state index in [1.54, 1.807) is 0 Å². The lowest BCUT2D eigenvalue weighted by molar-refractivity contribution is 1.01. The van der Waals surface area contributed by atoms with Gasteiger partial charge in [0.2, 0.25) is 0 Å². The predicted molar refractivity (Wildman–Crippen MR) is 40.1 cm³/mol. The molecule has 1 N–H and O–H groups in total. The fraction of sp³-hybridized carbons (Fsp3) is 0.400. The Kier molecular flexibility index (Phi) is 3.66. The summed E-state index contributed by atoms with van der Waals surface area (Å²) in [6.45, 7) is 1.95. The van der Waals surface area contributed by atoms with Crippen LogP contribution in [0.3, 0.4) is 0 Å². The maximum atomic E-state index is 5.46. The smallest absolute Gasteiger partial charge is 0.0772 e. The summed E-state index contributed by atoms with van der Waals surface area (Å²) >= 11 is 5.46. The van der Waals surface area contributed by atoms with Gasteiger partial charge in [-0.25, -0.2) is 0 Å². The van der Waals surface area contributed by atoms with E-state index < -0.39 is 0 Å². The normalized spacial score (nSPS) is 8.67. The van der Waals surface area contributed by atoms with Gasteiger partial charge in [-0.05, 0) is 13.0 Å². The minimum atomic E-state index is 0. The molecule has 0 bridgehead atoms. The number of hydrogen-bond donors (Lipinski definition) is 1. The topological polar surface area (TPSA) is 28.7 Å². The molecule has 2 nitrogen and oxygen atoms in total. The summed E-state index contributed by atoms with van der Waals surface area (Å²) < 4.78 is 0. The fourth-order valence-electron chi connectivity index (χ4n) is 0.543. The third kappa shape index (κ3) is 2.24. The van der Waals surface area contributed by atoms with Crippen molar-refractivity contribution in [1.82, 2.24) is 10.2 Å². The highest BCUT2D eigenvalue weighted by molar-refractivity contribution is 6.16. The molecule has 0 saturated carbocycles. The maximum Gasteiger partial charge on any atom is 0.0772 e. The molecular weight excluding hydrogens is 159 g/mol. The molecule has 52 valence electrons. The Morgan fingerprint density at radius 1 is 1.78 bits per heavy atom. The molecule has 0 saturated heterocycles. The van der Waals surface area contributed by atoms with E-state index in [4.69, 9.17) is 11.6 Å². The summed E-state index contributed by atoms with van der Waals surface area (Å²) in [7, 11) is 0. The number of aromatic amines is 1. The summed E-state index contributed by atoms with van der Waals surface area (Å²) in [6, 6.07) is 1.92. The lowest BCUT2D eigenvalue weighted by Crippen LogP contribution is -1.73. The lowest BCUT2D eigenvalue weighted by Gasteiger charge is -1.75. The molecule has 0 aliphatic carbocycles. The Morgan fingerprint density at radius 3 is 2.67 bits per heavy atom. The summed E-state index contributed by atoms with van der Waals surface area (Å²) in [5.74, 6) is 0.490. The standard InChI is InChI=1S/C5H7ClN2.ClH/c1-4-2-5(3-6)8-7-4;/h2H,3H2,1H3,(H,7,8);1H. The van der Waals surface area contributed by atoms with Crippen molar-refractivity contribution in [2.75, 3.05) is 0 Å². The first kappa shape index (κ1) is 8.79. The fourth-order valence-corrected chi connectivity index (χ4v) is 0.680. The molecule has 1 aromatic rings. The number of nitrogens with one attached hydrogen (secondary N) is 1. The Balaban J connectivity index is 0.000000640. The van der Waals surface area contributed by atoms with E-state index in [-0.39, 0.29) is 12.4 Å². The molecule has 0 spiro atoms. The van der Waals surface area contributed by atoms with Crippen molar-refractivity contribution in [3.63, 3.8) is 0 Å². The van der Waals surface area contributed by atoms with Gasteiger partial charge in [-0.1, -0.05) is 0 Å². The van der Waals surface area contributed by atoms with Crippen LogP contribution in [0.15, 0.2) is 6.07 Å². The van der Waals surface area contributed by atoms with Crippen molar-refractivity contribution in [1.29, 1.82) is 0 Å². The molecule has 0 aliphatic heterocycles. The van der Waals surface area contributed by atoms with E-state index in [1.165, 1.54) is 0 Å². The molecule has 0 radical (unpaired) electrons. The van der Waals surface area contributed by atoms with Crippen LogP contribution in [0.1, 0.15) is 11.4 Å². The SMILES string of the molecule is Cc1cc(CCl)n[nH]1.Cl. The van der Waals surface area contributed by atoms with E-state index in [1.807, 2.05) is 13.0 Å². The monoisotopic (exact) mass is 166 g/mol. The van der Waals surface area contributed by atoms with Gasteiger partial charge in [0.1, 0.15) is 0 Å². The number of rotatable bonds is 1. The first-order valence-corrected chi connectivity index (χ1v) is 2.93. The van der Waals surface area contributed by atoms with Crippen molar-refractivity contribution in [3.8, 4) is 0 Å². The van der Waals surface area contributed by atoms with E-state index in [0.29, 0.717) is 5.88 Å². The highest BCUT2D eigenvalue weighted by atomic mass is 35.5. The van der Waals surface area contributed by atoms with Crippen molar-refractivity contribution >= 4 is 24.0 Å². The highest BCUT2D eigenvalue weighted by Gasteiger charge is 1.91. The minimum Gasteiger partial charge on any atom is -0.283 e. The second-order valence-electron chi connectivity index (χ2n) is 1.68. The van der Waals surface area contributed by atoms with Crippen molar-refractivity contribution in [3.05, 3.63) is 17.5 Å². The van der Waals surface area contributed by atoms with Crippen LogP contribution >= 0.6 is 24.0 Å². The molecule has 1 heterocycles. The number of halogens is 2. The molecule has 0 amide bonds. The number of nitrogens with zero attached hydrogens (tertiary/aromatic N) is 1. The third-order valence-corrected chi connectivity index (χ3v) is 1.17. The van der Waals surface area contributed by atoms with Crippen LogP contribution in [0.5, 0.6) is 0 Å². The third-order valence-electron chi connectivity index (χ3n) is 0.896. The van der Waals surface area contributed by atoms with Crippen molar-refractivity contribution < 1.29 is 0 Å². The minimum absolute atomic E-state index is 0. The van der Waals surface area contributed by atoms with Crippen LogP contribution in [-0.4, -0.2) is 10.2 Å². The number of aromatic nitrogens is 2. The molecule has 4 heteroatoms. The Labute approximate surface area is 65.0 Å². The zero-order valence-electron chi connectivity index (χ0n) is 5.02. The molecule has 0 atom stereocenters. The summed E-state index contributed by atoms with van der Waals surface area (Å²) in [6.07, 6.45) is 0. The average Bonchev–Trinajstić information content (AvgIpc) is 2.14. The zero-order valence-corrected chi connectivity index (χ0v) is 6.59. The number of alkyl halides is 1. The predicted octanol–water partition coefficient (Wildman–Crippen LogP) is 1.88. The second kappa shape index (κ2) is 3.75. The second-order valence-corrected chi connectivity index (χ2v) is 1.94. The average molecular weight is 167 g/mol. The van der Waals surface area contributed by atoms with E-state index in [0.717, 1.165) is 11.4 Å². The molecule has 0 aromatic carbocycles. The molecule has 0 fully saturated rings. The van der Waals surface area contributed by atoms with E-state index in [2.05, 4.69) is 10.2 Å². The van der Waals surface area contributed by atoms with Crippen LogP contribution in [0, 0.1) is 6.92 Å². The maximum absolute atomic E-state index is 5.46. The number of hydrogen-bond acceptors (Lipinski definition) is 1. The summed E-state index contributed by atoms with van der Waals surface area (Å²) in [5, 5.41) is 6.66. The molecule has 9 heavy (non-hydrogen) atoms. The Bertz CT molecular complexity index is 173. The summed E-state index contributed by atoms with van der Waals surface area (Å²) in [4.78, 5) is 0. The quantitative estimate of drug-likeness (QED) is 0.635. The van der Waals surface area contributed by atoms with Crippen molar-refractivity contribution in [2.24, 2.45) is 0 Å². The first-order chi connectivity index (χ1) is 3.83. The van der Waals surface area contributed by atoms with Crippen LogP contribution in [-0.2, 0) is 5.88 Å². The molecule has 1 aromatic heterocycles. The summed E-state index contributed by atoms with van der Waals surface area (Å²) in [5.41, 5.74) is 1.96. The van der Waals surface area contributed by atoms with Crippen LogP contribution in [0.4, 0.5) is 0 Å². The molecule has 0 aliphatic rings. The van der Waals surface area contributed by atoms with Gasteiger partial charge >= 0.3 is 0 Å². The lowest BCUT2D eigenvalue weighted by atomic mass is 10.4. The zero-order chi connectivity index (χ0) is 5.98. The molecule has 0 unspecified atom stereocenters. The van der Waals surface area contributed by atoms with Crippen LogP contribution < -0.4 is 0 Å². The highest BCUT2D eigenvalue weighted by Crippen LogP contribution is 1.99. The van der Waals surface area contributed by atoms with Crippen molar-refractivity contribution in [2.45, 2.75) is 12.8 Å². The molecular formula is C5H8Cl2N2. The van der Waals surface area contributed by atoms with Gasteiger partial charge in [0.25, 0.3) is 0 Å². The molecule has 1 rings (SSSR count). The van der Waals surface area contributed by atoms with Crippen LogP contribution in [0.2, 0.25) is 0 Å². The van der Waals surface area contributed by atoms with Gasteiger partial charge < -0.3 is 0 Å². The van der Waals surface area contributed by atoms with E-state index >= 15 is 0 Å². The number of aryl methyl sites for hydroxylation is 1. The van der Waals surface area contributed by atoms with Gasteiger partial charge in [-0.15, -0.1) is 24.0 Å². The van der Waals surface area contributed by atoms with Gasteiger partial charge in [0, 0.05) is 5.69 Å². The Hall–Kier alpha value is -0.210. The van der Waals surface area contributed by atoms with Gasteiger partial charge in [0.05, 0.1) is 11.6 Å². The Morgan fingerprint density at radius 2 is 2.44 bits per heavy atom. The van der Waals surface area contributed by atoms with Crippen LogP contribution in [0.25, 0.3) is 0 Å². The van der Waals surface area contributed by atoms with Gasteiger partial charge in [-0.2, -0.15) is 5.10 Å². The van der Waals surface area contributed by atoms with Gasteiger partial charge in [-0.3, -0.25) is 5.10 Å². The van der Waals surface area contributed by atoms with Gasteiger partial charge in [0.15, 0.2) is 0 Å².